The molecule has 2 amide bonds. The minimum Gasteiger partial charge on any atom is -0.495 e. The standard InChI is InChI=1S/C29H34ClN3O5S/c1-4-5-19-31-29(35)22(2)32(20-23-15-17-24(30)18-16-23)28(34)21-33(26-13-9-10-14-27(26)38-3)39(36,37)25-11-7-6-8-12-25/h6-18,22H,4-5,19-21H2,1-3H3,(H,31,35). The molecule has 1 atom stereocenters. The third kappa shape index (κ3) is 7.74. The van der Waals surface area contributed by atoms with E-state index in [1.807, 2.05) is 6.92 Å². The van der Waals surface area contributed by atoms with E-state index in [9.17, 15) is 18.0 Å². The molecule has 10 heteroatoms. The third-order valence-corrected chi connectivity index (χ3v) is 8.25. The van der Waals surface area contributed by atoms with Crippen LogP contribution in [0.2, 0.25) is 5.02 Å². The highest BCUT2D eigenvalue weighted by molar-refractivity contribution is 7.92. The number of benzene rings is 3. The number of amides is 2. The van der Waals surface area contributed by atoms with Gasteiger partial charge in [-0.2, -0.15) is 0 Å². The lowest BCUT2D eigenvalue weighted by Crippen LogP contribution is -2.51. The molecule has 1 unspecified atom stereocenters. The molecule has 0 heterocycles. The Hall–Kier alpha value is -3.56. The van der Waals surface area contributed by atoms with Gasteiger partial charge in [0, 0.05) is 18.1 Å². The Balaban J connectivity index is 2.02. The van der Waals surface area contributed by atoms with E-state index in [4.69, 9.17) is 16.3 Å². The van der Waals surface area contributed by atoms with E-state index >= 15 is 0 Å². The van der Waals surface area contributed by atoms with Gasteiger partial charge in [0.2, 0.25) is 11.8 Å². The Morgan fingerprint density at radius 3 is 2.26 bits per heavy atom. The SMILES string of the molecule is CCCCNC(=O)C(C)N(Cc1ccc(Cl)cc1)C(=O)CN(c1ccccc1OC)S(=O)(=O)c1ccccc1. The van der Waals surface area contributed by atoms with Gasteiger partial charge in [-0.3, -0.25) is 13.9 Å². The topological polar surface area (TPSA) is 96.0 Å². The van der Waals surface area contributed by atoms with E-state index in [2.05, 4.69) is 5.32 Å². The number of nitrogens with one attached hydrogen (secondary N) is 1. The van der Waals surface area contributed by atoms with Crippen LogP contribution in [-0.4, -0.2) is 51.4 Å². The number of sulfonamides is 1. The maximum Gasteiger partial charge on any atom is 0.264 e. The number of unbranched alkanes of at least 4 members (excludes halogenated alkanes) is 1. The quantitative estimate of drug-likeness (QED) is 0.295. The average Bonchev–Trinajstić information content (AvgIpc) is 2.95. The molecule has 0 aliphatic heterocycles. The van der Waals surface area contributed by atoms with Crippen molar-refractivity contribution in [1.29, 1.82) is 0 Å². The highest BCUT2D eigenvalue weighted by Crippen LogP contribution is 2.32. The van der Waals surface area contributed by atoms with Crippen molar-refractivity contribution in [3.63, 3.8) is 0 Å². The predicted octanol–water partition coefficient (Wildman–Crippen LogP) is 4.88. The first kappa shape index (κ1) is 30.0. The van der Waals surface area contributed by atoms with Crippen LogP contribution >= 0.6 is 11.6 Å². The molecule has 3 aromatic carbocycles. The van der Waals surface area contributed by atoms with Gasteiger partial charge in [0.15, 0.2) is 0 Å². The fraction of sp³-hybridized carbons (Fsp3) is 0.310. The summed E-state index contributed by atoms with van der Waals surface area (Å²) in [5.74, 6) is -0.576. The number of carbonyl (C=O) groups is 2. The molecule has 0 bridgehead atoms. The largest absolute Gasteiger partial charge is 0.495 e. The second kappa shape index (κ2) is 14.0. The lowest BCUT2D eigenvalue weighted by molar-refractivity contribution is -0.139. The van der Waals surface area contributed by atoms with Crippen LogP contribution in [-0.2, 0) is 26.2 Å². The smallest absolute Gasteiger partial charge is 0.264 e. The Bertz CT molecular complexity index is 1350. The van der Waals surface area contributed by atoms with Crippen molar-refractivity contribution in [2.75, 3.05) is 24.5 Å². The summed E-state index contributed by atoms with van der Waals surface area (Å²) >= 11 is 6.04. The normalized spacial score (nSPS) is 11.9. The van der Waals surface area contributed by atoms with Crippen molar-refractivity contribution in [1.82, 2.24) is 10.2 Å². The molecule has 0 saturated heterocycles. The first-order valence-corrected chi connectivity index (χ1v) is 14.5. The van der Waals surface area contributed by atoms with Crippen LogP contribution in [0.5, 0.6) is 5.75 Å². The number of halogens is 1. The Morgan fingerprint density at radius 1 is 0.974 bits per heavy atom. The maximum absolute atomic E-state index is 13.9. The Morgan fingerprint density at radius 2 is 1.62 bits per heavy atom. The minimum atomic E-state index is -4.17. The fourth-order valence-corrected chi connectivity index (χ4v) is 5.55. The van der Waals surface area contributed by atoms with Gasteiger partial charge in [0.05, 0.1) is 17.7 Å². The summed E-state index contributed by atoms with van der Waals surface area (Å²) in [6.07, 6.45) is 1.72. The van der Waals surface area contributed by atoms with Crippen molar-refractivity contribution >= 4 is 39.1 Å². The number of anilines is 1. The van der Waals surface area contributed by atoms with Crippen LogP contribution in [0.4, 0.5) is 5.69 Å². The van der Waals surface area contributed by atoms with Crippen molar-refractivity contribution in [3.8, 4) is 5.75 Å². The molecule has 1 N–H and O–H groups in total. The van der Waals surface area contributed by atoms with Crippen LogP contribution in [0.15, 0.2) is 83.8 Å². The maximum atomic E-state index is 13.9. The van der Waals surface area contributed by atoms with Crippen LogP contribution in [0.1, 0.15) is 32.3 Å². The van der Waals surface area contributed by atoms with E-state index in [1.165, 1.54) is 24.1 Å². The van der Waals surface area contributed by atoms with Crippen molar-refractivity contribution in [3.05, 3.63) is 89.4 Å². The second-order valence-electron chi connectivity index (χ2n) is 8.97. The molecule has 0 radical (unpaired) electrons. The molecular formula is C29H34ClN3O5S. The molecule has 39 heavy (non-hydrogen) atoms. The molecule has 208 valence electrons. The first-order valence-electron chi connectivity index (χ1n) is 12.7. The van der Waals surface area contributed by atoms with Crippen LogP contribution < -0.4 is 14.4 Å². The zero-order valence-electron chi connectivity index (χ0n) is 22.3. The number of methoxy groups -OCH3 is 1. The van der Waals surface area contributed by atoms with Crippen LogP contribution in [0, 0.1) is 0 Å². The number of hydrogen-bond acceptors (Lipinski definition) is 5. The number of ether oxygens (including phenoxy) is 1. The van der Waals surface area contributed by atoms with Crippen molar-refractivity contribution in [2.45, 2.75) is 44.2 Å². The van der Waals surface area contributed by atoms with Crippen molar-refractivity contribution < 1.29 is 22.7 Å². The second-order valence-corrected chi connectivity index (χ2v) is 11.3. The monoisotopic (exact) mass is 571 g/mol. The highest BCUT2D eigenvalue weighted by atomic mass is 35.5. The van der Waals surface area contributed by atoms with Gasteiger partial charge in [0.1, 0.15) is 18.3 Å². The molecule has 3 rings (SSSR count). The van der Waals surface area contributed by atoms with Gasteiger partial charge >= 0.3 is 0 Å². The van der Waals surface area contributed by atoms with Crippen molar-refractivity contribution in [2.24, 2.45) is 0 Å². The zero-order chi connectivity index (χ0) is 28.4. The average molecular weight is 572 g/mol. The molecule has 0 aliphatic rings. The van der Waals surface area contributed by atoms with E-state index in [0.29, 0.717) is 17.3 Å². The molecule has 3 aromatic rings. The molecular weight excluding hydrogens is 538 g/mol. The molecule has 0 spiro atoms. The zero-order valence-corrected chi connectivity index (χ0v) is 23.9. The lowest BCUT2D eigenvalue weighted by atomic mass is 10.1. The van der Waals surface area contributed by atoms with Gasteiger partial charge in [0.25, 0.3) is 10.0 Å². The number of nitrogens with zero attached hydrogens (tertiary/aromatic N) is 2. The third-order valence-electron chi connectivity index (χ3n) is 6.23. The number of hydrogen-bond donors (Lipinski definition) is 1. The summed E-state index contributed by atoms with van der Waals surface area (Å²) in [4.78, 5) is 28.3. The van der Waals surface area contributed by atoms with Gasteiger partial charge in [-0.05, 0) is 55.3 Å². The predicted molar refractivity (Wildman–Crippen MR) is 153 cm³/mol. The first-order chi connectivity index (χ1) is 18.7. The molecule has 0 aromatic heterocycles. The van der Waals surface area contributed by atoms with Gasteiger partial charge in [-0.15, -0.1) is 0 Å². The number of rotatable bonds is 13. The van der Waals surface area contributed by atoms with E-state index in [1.54, 1.807) is 73.7 Å². The highest BCUT2D eigenvalue weighted by Gasteiger charge is 2.33. The lowest BCUT2D eigenvalue weighted by Gasteiger charge is -2.32. The van der Waals surface area contributed by atoms with Crippen LogP contribution in [0.25, 0.3) is 0 Å². The molecule has 0 saturated carbocycles. The molecule has 0 fully saturated rings. The Labute approximate surface area is 235 Å². The van der Waals surface area contributed by atoms with Gasteiger partial charge in [-0.25, -0.2) is 8.42 Å². The van der Waals surface area contributed by atoms with Gasteiger partial charge in [-0.1, -0.05) is 67.4 Å². The summed E-state index contributed by atoms with van der Waals surface area (Å²) in [7, 11) is -2.74. The van der Waals surface area contributed by atoms with E-state index in [0.717, 1.165) is 22.7 Å². The van der Waals surface area contributed by atoms with Crippen LogP contribution in [0.3, 0.4) is 0 Å². The Kier molecular flexibility index (Phi) is 10.8. The summed E-state index contributed by atoms with van der Waals surface area (Å²) in [6.45, 7) is 3.68. The summed E-state index contributed by atoms with van der Waals surface area (Å²) in [6, 6.07) is 20.6. The van der Waals surface area contributed by atoms with Gasteiger partial charge < -0.3 is 15.0 Å². The fourth-order valence-electron chi connectivity index (χ4n) is 3.97. The number of carbonyl (C=O) groups excluding carboxylic acids is 2. The van der Waals surface area contributed by atoms with E-state index < -0.39 is 28.5 Å². The number of para-hydroxylation sites is 2. The summed E-state index contributed by atoms with van der Waals surface area (Å²) in [5.41, 5.74) is 0.958. The molecule has 0 aliphatic carbocycles. The summed E-state index contributed by atoms with van der Waals surface area (Å²) in [5, 5.41) is 3.41. The van der Waals surface area contributed by atoms with E-state index in [-0.39, 0.29) is 23.0 Å². The molecule has 8 nitrogen and oxygen atoms in total. The minimum absolute atomic E-state index is 0.0262. The summed E-state index contributed by atoms with van der Waals surface area (Å²) < 4.78 is 34.1.